The number of hydrogen-bond acceptors (Lipinski definition) is 7. The van der Waals surface area contributed by atoms with Gasteiger partial charge in [0.1, 0.15) is 5.69 Å². The lowest BCUT2D eigenvalue weighted by molar-refractivity contribution is -0.245. The molecule has 2 N–H and O–H groups in total. The molecular formula is C34H31N3O4S. The summed E-state index contributed by atoms with van der Waals surface area (Å²) in [4.78, 5) is 22.7. The number of hydrogen-bond donors (Lipinski definition) is 2. The van der Waals surface area contributed by atoms with Crippen LogP contribution in [-0.2, 0) is 22.6 Å². The fraction of sp³-hybridized carbons (Fsp3) is 0.206. The van der Waals surface area contributed by atoms with Gasteiger partial charge in [-0.2, -0.15) is 0 Å². The molecule has 6 rings (SSSR count). The molecule has 0 unspecified atom stereocenters. The zero-order chi connectivity index (χ0) is 28.7. The van der Waals surface area contributed by atoms with E-state index >= 15 is 0 Å². The van der Waals surface area contributed by atoms with Crippen molar-refractivity contribution in [3.8, 4) is 0 Å². The van der Waals surface area contributed by atoms with Crippen LogP contribution in [-0.4, -0.2) is 32.8 Å². The van der Waals surface area contributed by atoms with E-state index in [0.717, 1.165) is 39.9 Å². The summed E-state index contributed by atoms with van der Waals surface area (Å²) in [5.41, 5.74) is 5.51. The number of aliphatic hydroxyl groups is 1. The Balaban J connectivity index is 1.12. The maximum atomic E-state index is 12.7. The minimum atomic E-state index is -0.529. The van der Waals surface area contributed by atoms with Gasteiger partial charge in [0.15, 0.2) is 6.29 Å². The monoisotopic (exact) mass is 577 g/mol. The number of nitrogens with zero attached hydrogens (tertiary/aromatic N) is 2. The molecule has 1 fully saturated rings. The topological polar surface area (TPSA) is 93.6 Å². The lowest BCUT2D eigenvalue weighted by atomic mass is 10.0. The van der Waals surface area contributed by atoms with E-state index in [9.17, 15) is 9.90 Å². The second-order valence-corrected chi connectivity index (χ2v) is 11.2. The zero-order valence-corrected chi connectivity index (χ0v) is 23.7. The summed E-state index contributed by atoms with van der Waals surface area (Å²) < 4.78 is 12.9. The summed E-state index contributed by atoms with van der Waals surface area (Å²) in [5, 5.41) is 12.4. The van der Waals surface area contributed by atoms with E-state index in [1.54, 1.807) is 11.8 Å². The molecule has 1 aliphatic heterocycles. The fourth-order valence-corrected chi connectivity index (χ4v) is 5.80. The van der Waals surface area contributed by atoms with E-state index in [1.807, 2.05) is 91.0 Å². The van der Waals surface area contributed by atoms with Crippen LogP contribution in [0, 0.1) is 0 Å². The van der Waals surface area contributed by atoms with Crippen LogP contribution in [0.15, 0.2) is 114 Å². The summed E-state index contributed by atoms with van der Waals surface area (Å²) in [6.07, 6.45) is 1.55. The van der Waals surface area contributed by atoms with Crippen molar-refractivity contribution in [1.82, 2.24) is 15.3 Å². The van der Waals surface area contributed by atoms with Gasteiger partial charge in [0.2, 0.25) is 0 Å². The summed E-state index contributed by atoms with van der Waals surface area (Å²) in [6, 6.07) is 33.6. The predicted octanol–water partition coefficient (Wildman–Crippen LogP) is 6.39. The number of aromatic nitrogens is 2. The highest BCUT2D eigenvalue weighted by Crippen LogP contribution is 2.39. The van der Waals surface area contributed by atoms with Crippen molar-refractivity contribution in [2.24, 2.45) is 0 Å². The van der Waals surface area contributed by atoms with E-state index in [4.69, 9.17) is 9.47 Å². The Labute approximate surface area is 248 Å². The average Bonchev–Trinajstić information content (AvgIpc) is 3.06. The van der Waals surface area contributed by atoms with Gasteiger partial charge in [0.25, 0.3) is 5.91 Å². The molecule has 1 amide bonds. The smallest absolute Gasteiger partial charge is 0.271 e. The highest BCUT2D eigenvalue weighted by molar-refractivity contribution is 7.99. The number of fused-ring (bicyclic) bond motifs is 1. The van der Waals surface area contributed by atoms with Crippen LogP contribution in [0.4, 0.5) is 0 Å². The second-order valence-electron chi connectivity index (χ2n) is 10.1. The summed E-state index contributed by atoms with van der Waals surface area (Å²) in [6.45, 7) is 0.368. The first-order chi connectivity index (χ1) is 20.6. The van der Waals surface area contributed by atoms with Crippen LogP contribution in [0.2, 0.25) is 0 Å². The number of para-hydroxylation sites is 2. The first-order valence-corrected chi connectivity index (χ1v) is 14.9. The number of ether oxygens (including phenoxy) is 2. The number of rotatable bonds is 9. The lowest BCUT2D eigenvalue weighted by Crippen LogP contribution is -2.31. The largest absolute Gasteiger partial charge is 0.392 e. The molecular weight excluding hydrogens is 546 g/mol. The van der Waals surface area contributed by atoms with E-state index in [1.165, 1.54) is 11.1 Å². The van der Waals surface area contributed by atoms with Gasteiger partial charge < -0.3 is 19.9 Å². The minimum absolute atomic E-state index is 0.0103. The van der Waals surface area contributed by atoms with Crippen molar-refractivity contribution in [2.45, 2.75) is 43.0 Å². The van der Waals surface area contributed by atoms with Gasteiger partial charge in [-0.25, -0.2) is 4.98 Å². The molecule has 42 heavy (non-hydrogen) atoms. The van der Waals surface area contributed by atoms with Crippen molar-refractivity contribution in [3.63, 3.8) is 0 Å². The second kappa shape index (κ2) is 13.3. The maximum Gasteiger partial charge on any atom is 0.271 e. The Kier molecular flexibility index (Phi) is 8.86. The third-order valence-electron chi connectivity index (χ3n) is 7.18. The molecule has 1 saturated heterocycles. The van der Waals surface area contributed by atoms with E-state index in [2.05, 4.69) is 27.4 Å². The molecule has 1 aliphatic rings. The van der Waals surface area contributed by atoms with Gasteiger partial charge >= 0.3 is 0 Å². The molecule has 2 heterocycles. The normalized spacial score (nSPS) is 18.5. The Hall–Kier alpha value is -4.08. The molecule has 7 nitrogen and oxygen atoms in total. The van der Waals surface area contributed by atoms with Gasteiger partial charge in [-0.15, -0.1) is 11.8 Å². The molecule has 3 atom stereocenters. The summed E-state index contributed by atoms with van der Waals surface area (Å²) in [5.74, 6) is 0.529. The van der Waals surface area contributed by atoms with Crippen LogP contribution in [0.25, 0.3) is 11.0 Å². The minimum Gasteiger partial charge on any atom is -0.392 e. The number of carbonyl (C=O) groups excluding carboxylic acids is 1. The van der Waals surface area contributed by atoms with Crippen LogP contribution < -0.4 is 5.32 Å². The Morgan fingerprint density at radius 3 is 2.29 bits per heavy atom. The van der Waals surface area contributed by atoms with Gasteiger partial charge in [0, 0.05) is 29.2 Å². The Bertz CT molecular complexity index is 1630. The number of aliphatic hydroxyl groups excluding tert-OH is 1. The van der Waals surface area contributed by atoms with Crippen molar-refractivity contribution in [3.05, 3.63) is 137 Å². The molecule has 0 saturated carbocycles. The number of carbonyl (C=O) groups is 1. The zero-order valence-electron chi connectivity index (χ0n) is 22.9. The predicted molar refractivity (Wildman–Crippen MR) is 163 cm³/mol. The Morgan fingerprint density at radius 2 is 1.52 bits per heavy atom. The van der Waals surface area contributed by atoms with Crippen LogP contribution >= 0.6 is 11.8 Å². The molecule has 0 spiro atoms. The first kappa shape index (κ1) is 28.1. The molecule has 5 aromatic rings. The van der Waals surface area contributed by atoms with E-state index < -0.39 is 6.29 Å². The van der Waals surface area contributed by atoms with Crippen molar-refractivity contribution < 1.29 is 19.4 Å². The Morgan fingerprint density at radius 1 is 0.833 bits per heavy atom. The van der Waals surface area contributed by atoms with Crippen LogP contribution in [0.5, 0.6) is 0 Å². The van der Waals surface area contributed by atoms with Gasteiger partial charge in [0.05, 0.1) is 36.0 Å². The SMILES string of the molecule is O=C(NCc1ccc([C@H]2O[C@@H](CSc3ccccc3)C[C@@H](c3ccc(CO)cc3)O2)cc1)c1cnc2ccccc2n1. The molecule has 4 aromatic carbocycles. The molecule has 0 bridgehead atoms. The third-order valence-corrected chi connectivity index (χ3v) is 8.32. The van der Waals surface area contributed by atoms with E-state index in [-0.39, 0.29) is 30.4 Å². The standard InChI is InChI=1S/C34H31N3O4S/c38-21-24-12-14-25(15-13-24)32-18-27(22-42-28-6-2-1-3-7-28)40-34(41-32)26-16-10-23(11-17-26)19-36-33(39)31-20-35-29-8-4-5-9-30(29)37-31/h1-17,20,27,32,34,38H,18-19,21-22H2,(H,36,39)/t27-,32+,34+/m1/s1. The van der Waals surface area contributed by atoms with Crippen LogP contribution in [0.3, 0.4) is 0 Å². The number of nitrogens with one attached hydrogen (secondary N) is 1. The lowest BCUT2D eigenvalue weighted by Gasteiger charge is -2.36. The molecule has 1 aromatic heterocycles. The molecule has 0 aliphatic carbocycles. The maximum absolute atomic E-state index is 12.7. The number of amides is 1. The summed E-state index contributed by atoms with van der Waals surface area (Å²) in [7, 11) is 0. The highest BCUT2D eigenvalue weighted by atomic mass is 32.2. The number of thioether (sulfide) groups is 1. The molecule has 0 radical (unpaired) electrons. The van der Waals surface area contributed by atoms with Gasteiger partial charge in [-0.3, -0.25) is 9.78 Å². The average molecular weight is 578 g/mol. The first-order valence-electron chi connectivity index (χ1n) is 13.9. The van der Waals surface area contributed by atoms with Crippen LogP contribution in [0.1, 0.15) is 51.6 Å². The van der Waals surface area contributed by atoms with Gasteiger partial charge in [-0.05, 0) is 41.0 Å². The number of benzene rings is 4. The van der Waals surface area contributed by atoms with Crippen molar-refractivity contribution in [1.29, 1.82) is 0 Å². The van der Waals surface area contributed by atoms with Crippen molar-refractivity contribution >= 4 is 28.7 Å². The quantitative estimate of drug-likeness (QED) is 0.196. The highest BCUT2D eigenvalue weighted by Gasteiger charge is 2.32. The van der Waals surface area contributed by atoms with Gasteiger partial charge in [-0.1, -0.05) is 78.9 Å². The third kappa shape index (κ3) is 6.86. The van der Waals surface area contributed by atoms with Crippen molar-refractivity contribution in [2.75, 3.05) is 5.75 Å². The molecule has 212 valence electrons. The molecule has 8 heteroatoms. The summed E-state index contributed by atoms with van der Waals surface area (Å²) >= 11 is 1.77. The van der Waals surface area contributed by atoms with E-state index in [0.29, 0.717) is 12.1 Å². The fourth-order valence-electron chi connectivity index (χ4n) is 4.86.